The van der Waals surface area contributed by atoms with Gasteiger partial charge < -0.3 is 19.7 Å². The number of carbonyl (C=O) groups excluding carboxylic acids is 2. The standard InChI is InChI=1S/C28H34N2O4/c31-26(18-23-6-3-15-33-20-23)30-13-10-28(11-14-30)19-22-5-2-8-25(17-22)34-24-7-1-4-21(16-24)9-12-29-27(28)32/h1-2,4-5,7-8,16-17,23H,3,6,9-15,18-20H2,(H,29,32)/t23-/m1/s1. The molecule has 1 spiro atoms. The SMILES string of the molecule is O=C(C[C@H]1CCCOC1)N1CCC2(CC1)Cc1cccc(c1)Oc1cccc(c1)CCNC2=O. The number of hydrogen-bond donors (Lipinski definition) is 1. The number of ether oxygens (including phenoxy) is 2. The zero-order valence-corrected chi connectivity index (χ0v) is 19.8. The molecule has 34 heavy (non-hydrogen) atoms. The topological polar surface area (TPSA) is 67.9 Å². The highest BCUT2D eigenvalue weighted by Gasteiger charge is 2.42. The van der Waals surface area contributed by atoms with Crippen LogP contribution in [-0.2, 0) is 27.2 Å². The molecule has 0 aromatic heterocycles. The van der Waals surface area contributed by atoms with Gasteiger partial charge in [0.2, 0.25) is 11.8 Å². The molecule has 2 saturated heterocycles. The number of rotatable bonds is 2. The first-order valence-electron chi connectivity index (χ1n) is 12.6. The smallest absolute Gasteiger partial charge is 0.226 e. The van der Waals surface area contributed by atoms with Gasteiger partial charge in [-0.05, 0) is 79.8 Å². The van der Waals surface area contributed by atoms with Crippen molar-refractivity contribution in [1.82, 2.24) is 10.2 Å². The maximum Gasteiger partial charge on any atom is 0.226 e. The lowest BCUT2D eigenvalue weighted by molar-refractivity contribution is -0.141. The molecule has 6 heteroatoms. The van der Waals surface area contributed by atoms with E-state index in [1.807, 2.05) is 41.3 Å². The summed E-state index contributed by atoms with van der Waals surface area (Å²) in [4.78, 5) is 28.4. The van der Waals surface area contributed by atoms with Crippen molar-refractivity contribution in [3.8, 4) is 11.5 Å². The molecule has 3 aliphatic rings. The van der Waals surface area contributed by atoms with Gasteiger partial charge >= 0.3 is 0 Å². The molecule has 1 atom stereocenters. The minimum Gasteiger partial charge on any atom is -0.457 e. The van der Waals surface area contributed by atoms with Crippen molar-refractivity contribution in [2.75, 3.05) is 32.8 Å². The third-order valence-electron chi connectivity index (χ3n) is 7.55. The van der Waals surface area contributed by atoms with Gasteiger partial charge in [0.05, 0.1) is 5.41 Å². The molecular weight excluding hydrogens is 428 g/mol. The van der Waals surface area contributed by atoms with Crippen LogP contribution in [0.5, 0.6) is 11.5 Å². The maximum absolute atomic E-state index is 13.5. The molecule has 5 rings (SSSR count). The predicted octanol–water partition coefficient (Wildman–Crippen LogP) is 4.12. The van der Waals surface area contributed by atoms with Crippen LogP contribution in [0.2, 0.25) is 0 Å². The Hall–Kier alpha value is -2.86. The Bertz CT molecular complexity index is 1020. The number of nitrogens with one attached hydrogen (secondary N) is 1. The van der Waals surface area contributed by atoms with E-state index in [-0.39, 0.29) is 11.8 Å². The highest BCUT2D eigenvalue weighted by Crippen LogP contribution is 2.37. The third-order valence-corrected chi connectivity index (χ3v) is 7.55. The van der Waals surface area contributed by atoms with Gasteiger partial charge in [-0.2, -0.15) is 0 Å². The first-order valence-corrected chi connectivity index (χ1v) is 12.6. The number of benzene rings is 2. The Morgan fingerprint density at radius 1 is 1.06 bits per heavy atom. The number of hydrogen-bond acceptors (Lipinski definition) is 4. The lowest BCUT2D eigenvalue weighted by Gasteiger charge is -2.41. The monoisotopic (exact) mass is 462 g/mol. The Morgan fingerprint density at radius 2 is 1.79 bits per heavy atom. The molecule has 0 saturated carbocycles. The summed E-state index contributed by atoms with van der Waals surface area (Å²) in [6.45, 7) is 3.33. The predicted molar refractivity (Wildman–Crippen MR) is 130 cm³/mol. The van der Waals surface area contributed by atoms with E-state index in [0.717, 1.165) is 48.5 Å². The van der Waals surface area contributed by atoms with E-state index >= 15 is 0 Å². The Balaban J connectivity index is 1.32. The summed E-state index contributed by atoms with van der Waals surface area (Å²) in [7, 11) is 0. The van der Waals surface area contributed by atoms with Crippen molar-refractivity contribution in [2.24, 2.45) is 11.3 Å². The Morgan fingerprint density at radius 3 is 2.53 bits per heavy atom. The summed E-state index contributed by atoms with van der Waals surface area (Å²) in [6, 6.07) is 16.1. The van der Waals surface area contributed by atoms with E-state index in [0.29, 0.717) is 57.8 Å². The summed E-state index contributed by atoms with van der Waals surface area (Å²) < 4.78 is 11.7. The summed E-state index contributed by atoms with van der Waals surface area (Å²) in [5.74, 6) is 2.22. The molecule has 6 nitrogen and oxygen atoms in total. The normalized spacial score (nSPS) is 22.5. The third kappa shape index (κ3) is 5.27. The first-order chi connectivity index (χ1) is 16.6. The van der Waals surface area contributed by atoms with Crippen LogP contribution in [0.1, 0.15) is 43.2 Å². The molecular formula is C28H34N2O4. The van der Waals surface area contributed by atoms with Crippen molar-refractivity contribution < 1.29 is 19.1 Å². The number of fused-ring (bicyclic) bond motifs is 4. The van der Waals surface area contributed by atoms with Crippen LogP contribution >= 0.6 is 0 Å². The number of amides is 2. The molecule has 3 heterocycles. The fourth-order valence-corrected chi connectivity index (χ4v) is 5.53. The maximum atomic E-state index is 13.5. The molecule has 0 aliphatic carbocycles. The van der Waals surface area contributed by atoms with Crippen molar-refractivity contribution in [2.45, 2.75) is 44.9 Å². The van der Waals surface area contributed by atoms with Crippen molar-refractivity contribution in [3.63, 3.8) is 0 Å². The van der Waals surface area contributed by atoms with E-state index in [2.05, 4.69) is 17.4 Å². The number of likely N-dealkylation sites (tertiary alicyclic amines) is 1. The second kappa shape index (κ2) is 10.2. The van der Waals surface area contributed by atoms with Crippen LogP contribution in [0.25, 0.3) is 0 Å². The number of piperidine rings is 1. The fraction of sp³-hybridized carbons (Fsp3) is 0.500. The minimum atomic E-state index is -0.518. The van der Waals surface area contributed by atoms with Gasteiger partial charge in [-0.3, -0.25) is 9.59 Å². The molecule has 2 aromatic carbocycles. The van der Waals surface area contributed by atoms with E-state index in [9.17, 15) is 9.59 Å². The molecule has 2 fully saturated rings. The average Bonchev–Trinajstić information content (AvgIpc) is 2.85. The molecule has 4 bridgehead atoms. The molecule has 0 unspecified atom stereocenters. The fourth-order valence-electron chi connectivity index (χ4n) is 5.53. The lowest BCUT2D eigenvalue weighted by atomic mass is 9.72. The van der Waals surface area contributed by atoms with Gasteiger partial charge in [-0.25, -0.2) is 0 Å². The van der Waals surface area contributed by atoms with Gasteiger partial charge in [0.25, 0.3) is 0 Å². The largest absolute Gasteiger partial charge is 0.457 e. The summed E-state index contributed by atoms with van der Waals surface area (Å²) >= 11 is 0. The Labute approximate surface area is 201 Å². The average molecular weight is 463 g/mol. The highest BCUT2D eigenvalue weighted by atomic mass is 16.5. The van der Waals surface area contributed by atoms with Crippen molar-refractivity contribution in [3.05, 3.63) is 59.7 Å². The molecule has 1 N–H and O–H groups in total. The lowest BCUT2D eigenvalue weighted by Crippen LogP contribution is -2.51. The summed E-state index contributed by atoms with van der Waals surface area (Å²) in [5, 5.41) is 3.21. The molecule has 2 amide bonds. The van der Waals surface area contributed by atoms with Crippen LogP contribution in [0.3, 0.4) is 0 Å². The van der Waals surface area contributed by atoms with E-state index in [4.69, 9.17) is 9.47 Å². The van der Waals surface area contributed by atoms with Crippen LogP contribution in [0.15, 0.2) is 48.5 Å². The minimum absolute atomic E-state index is 0.0991. The second-order valence-corrected chi connectivity index (χ2v) is 10.0. The van der Waals surface area contributed by atoms with Gasteiger partial charge in [-0.1, -0.05) is 24.3 Å². The molecule has 0 radical (unpaired) electrons. The van der Waals surface area contributed by atoms with E-state index in [1.165, 1.54) is 0 Å². The first kappa shape index (κ1) is 22.9. The number of nitrogens with zero attached hydrogens (tertiary/aromatic N) is 1. The second-order valence-electron chi connectivity index (χ2n) is 10.0. The van der Waals surface area contributed by atoms with Crippen LogP contribution in [0.4, 0.5) is 0 Å². The molecule has 2 aromatic rings. The summed E-state index contributed by atoms with van der Waals surface area (Å²) in [5.41, 5.74) is 1.70. The van der Waals surface area contributed by atoms with Gasteiger partial charge in [0.1, 0.15) is 11.5 Å². The van der Waals surface area contributed by atoms with E-state index < -0.39 is 5.41 Å². The van der Waals surface area contributed by atoms with Crippen LogP contribution in [0, 0.1) is 11.3 Å². The quantitative estimate of drug-likeness (QED) is 0.729. The van der Waals surface area contributed by atoms with Crippen molar-refractivity contribution in [1.29, 1.82) is 0 Å². The van der Waals surface area contributed by atoms with Crippen molar-refractivity contribution >= 4 is 11.8 Å². The zero-order chi connectivity index (χ0) is 23.4. The number of carbonyl (C=O) groups is 2. The van der Waals surface area contributed by atoms with Gasteiger partial charge in [-0.15, -0.1) is 0 Å². The molecule has 180 valence electrons. The zero-order valence-electron chi connectivity index (χ0n) is 19.8. The highest BCUT2D eigenvalue weighted by molar-refractivity contribution is 5.84. The Kier molecular flexibility index (Phi) is 6.86. The molecule has 3 aliphatic heterocycles. The summed E-state index contributed by atoms with van der Waals surface area (Å²) in [6.07, 6.45) is 5.39. The van der Waals surface area contributed by atoms with Gasteiger partial charge in [0, 0.05) is 39.3 Å². The van der Waals surface area contributed by atoms with Crippen LogP contribution < -0.4 is 10.1 Å². The van der Waals surface area contributed by atoms with Crippen LogP contribution in [-0.4, -0.2) is 49.6 Å². The van der Waals surface area contributed by atoms with Gasteiger partial charge in [0.15, 0.2) is 0 Å². The van der Waals surface area contributed by atoms with E-state index in [1.54, 1.807) is 0 Å².